The second-order valence-electron chi connectivity index (χ2n) is 7.81. The highest BCUT2D eigenvalue weighted by molar-refractivity contribution is 6.22. The summed E-state index contributed by atoms with van der Waals surface area (Å²) in [5.41, 5.74) is 2.78. The van der Waals surface area contributed by atoms with Crippen LogP contribution < -0.4 is 23.8 Å². The zero-order valence-electron chi connectivity index (χ0n) is 17.6. The monoisotopic (exact) mass is 424 g/mol. The van der Waals surface area contributed by atoms with Crippen LogP contribution in [-0.2, 0) is 22.6 Å². The van der Waals surface area contributed by atoms with Gasteiger partial charge in [-0.05, 0) is 41.8 Å². The Labute approximate surface area is 180 Å². The van der Waals surface area contributed by atoms with Crippen LogP contribution in [0.15, 0.2) is 30.3 Å². The summed E-state index contributed by atoms with van der Waals surface area (Å²) < 4.78 is 22.0. The SMILES string of the molecule is COc1cc2c(cc1OC)CN(C1CC(=O)N(c3ccc4c(c3)OCCO4)C1=O)CC2. The quantitative estimate of drug-likeness (QED) is 0.696. The smallest absolute Gasteiger partial charge is 0.251 e. The number of hydrogen-bond acceptors (Lipinski definition) is 7. The van der Waals surface area contributed by atoms with E-state index in [0.29, 0.717) is 55.0 Å². The number of benzene rings is 2. The van der Waals surface area contributed by atoms with Crippen molar-refractivity contribution >= 4 is 17.5 Å². The van der Waals surface area contributed by atoms with Crippen LogP contribution in [0.25, 0.3) is 0 Å². The van der Waals surface area contributed by atoms with Gasteiger partial charge in [-0.3, -0.25) is 14.5 Å². The summed E-state index contributed by atoms with van der Waals surface area (Å²) >= 11 is 0. The highest BCUT2D eigenvalue weighted by atomic mass is 16.6. The standard InChI is InChI=1S/C23H24N2O6/c1-28-19-9-14-5-6-24(13-15(14)10-20(19)29-2)17-12-22(26)25(23(17)27)16-3-4-18-21(11-16)31-8-7-30-18/h3-4,9-11,17H,5-8,12-13H2,1-2H3. The number of nitrogens with zero attached hydrogens (tertiary/aromatic N) is 2. The van der Waals surface area contributed by atoms with Crippen molar-refractivity contribution in [1.82, 2.24) is 4.90 Å². The summed E-state index contributed by atoms with van der Waals surface area (Å²) in [6.07, 6.45) is 0.938. The Morgan fingerprint density at radius 1 is 0.935 bits per heavy atom. The number of carbonyl (C=O) groups excluding carboxylic acids is 2. The van der Waals surface area contributed by atoms with E-state index in [2.05, 4.69) is 4.90 Å². The Balaban J connectivity index is 1.38. The molecule has 31 heavy (non-hydrogen) atoms. The highest BCUT2D eigenvalue weighted by Gasteiger charge is 2.43. The van der Waals surface area contributed by atoms with E-state index in [-0.39, 0.29) is 18.2 Å². The third-order valence-corrected chi connectivity index (χ3v) is 6.10. The maximum atomic E-state index is 13.3. The first-order valence-electron chi connectivity index (χ1n) is 10.3. The first kappa shape index (κ1) is 19.7. The van der Waals surface area contributed by atoms with Crippen molar-refractivity contribution in [3.8, 4) is 23.0 Å². The molecule has 2 aromatic rings. The van der Waals surface area contributed by atoms with Crippen LogP contribution >= 0.6 is 0 Å². The van der Waals surface area contributed by atoms with Crippen molar-refractivity contribution in [1.29, 1.82) is 0 Å². The molecule has 0 aliphatic carbocycles. The fourth-order valence-corrected chi connectivity index (χ4v) is 4.51. The van der Waals surface area contributed by atoms with Crippen molar-refractivity contribution in [2.75, 3.05) is 38.9 Å². The third-order valence-electron chi connectivity index (χ3n) is 6.10. The van der Waals surface area contributed by atoms with Crippen molar-refractivity contribution in [2.24, 2.45) is 0 Å². The van der Waals surface area contributed by atoms with Crippen molar-refractivity contribution in [3.63, 3.8) is 0 Å². The van der Waals surface area contributed by atoms with E-state index in [1.807, 2.05) is 12.1 Å². The molecule has 0 aromatic heterocycles. The van der Waals surface area contributed by atoms with Crippen molar-refractivity contribution < 1.29 is 28.5 Å². The first-order chi connectivity index (χ1) is 15.1. The lowest BCUT2D eigenvalue weighted by molar-refractivity contribution is -0.123. The number of amides is 2. The Morgan fingerprint density at radius 2 is 1.65 bits per heavy atom. The molecule has 2 aromatic carbocycles. The summed E-state index contributed by atoms with van der Waals surface area (Å²) in [6.45, 7) is 2.21. The highest BCUT2D eigenvalue weighted by Crippen LogP contribution is 2.38. The molecule has 1 unspecified atom stereocenters. The van der Waals surface area contributed by atoms with Gasteiger partial charge in [-0.2, -0.15) is 0 Å². The van der Waals surface area contributed by atoms with Gasteiger partial charge in [0.25, 0.3) is 5.91 Å². The lowest BCUT2D eigenvalue weighted by atomic mass is 9.97. The molecule has 0 radical (unpaired) electrons. The van der Waals surface area contributed by atoms with Gasteiger partial charge in [0.05, 0.1) is 32.4 Å². The zero-order chi connectivity index (χ0) is 21.5. The van der Waals surface area contributed by atoms with Crippen LogP contribution in [0.2, 0.25) is 0 Å². The minimum atomic E-state index is -0.484. The van der Waals surface area contributed by atoms with Gasteiger partial charge in [-0.15, -0.1) is 0 Å². The Hall–Kier alpha value is -3.26. The number of anilines is 1. The summed E-state index contributed by atoms with van der Waals surface area (Å²) in [4.78, 5) is 29.4. The van der Waals surface area contributed by atoms with Gasteiger partial charge in [0.2, 0.25) is 5.91 Å². The van der Waals surface area contributed by atoms with Gasteiger partial charge in [0, 0.05) is 19.2 Å². The van der Waals surface area contributed by atoms with E-state index in [1.165, 1.54) is 10.5 Å². The molecular formula is C23H24N2O6. The Kier molecular flexibility index (Phi) is 4.94. The number of hydrogen-bond donors (Lipinski definition) is 0. The molecule has 8 heteroatoms. The minimum Gasteiger partial charge on any atom is -0.493 e. The second kappa shape index (κ2) is 7.77. The van der Waals surface area contributed by atoms with Gasteiger partial charge in [-0.1, -0.05) is 0 Å². The van der Waals surface area contributed by atoms with E-state index in [4.69, 9.17) is 18.9 Å². The van der Waals surface area contributed by atoms with Gasteiger partial charge < -0.3 is 18.9 Å². The zero-order valence-corrected chi connectivity index (χ0v) is 17.6. The van der Waals surface area contributed by atoms with Gasteiger partial charge >= 0.3 is 0 Å². The number of carbonyl (C=O) groups is 2. The van der Waals surface area contributed by atoms with Crippen LogP contribution in [0.4, 0.5) is 5.69 Å². The molecule has 0 saturated carbocycles. The predicted molar refractivity (Wildman–Crippen MR) is 112 cm³/mol. The van der Waals surface area contributed by atoms with Gasteiger partial charge in [-0.25, -0.2) is 4.90 Å². The Morgan fingerprint density at radius 3 is 2.39 bits per heavy atom. The number of ether oxygens (including phenoxy) is 4. The van der Waals surface area contributed by atoms with E-state index in [9.17, 15) is 9.59 Å². The van der Waals surface area contributed by atoms with E-state index >= 15 is 0 Å². The summed E-state index contributed by atoms with van der Waals surface area (Å²) in [7, 11) is 3.23. The predicted octanol–water partition coefficient (Wildman–Crippen LogP) is 2.17. The van der Waals surface area contributed by atoms with E-state index in [0.717, 1.165) is 12.0 Å². The Bertz CT molecular complexity index is 1050. The molecule has 3 aliphatic rings. The minimum absolute atomic E-state index is 0.163. The van der Waals surface area contributed by atoms with E-state index in [1.54, 1.807) is 32.4 Å². The molecule has 5 rings (SSSR count). The largest absolute Gasteiger partial charge is 0.493 e. The fourth-order valence-electron chi connectivity index (χ4n) is 4.51. The average molecular weight is 424 g/mol. The lowest BCUT2D eigenvalue weighted by Gasteiger charge is -2.32. The lowest BCUT2D eigenvalue weighted by Crippen LogP contribution is -2.44. The molecule has 1 atom stereocenters. The van der Waals surface area contributed by atoms with Crippen LogP contribution in [0.1, 0.15) is 17.5 Å². The molecule has 0 bridgehead atoms. The fraction of sp³-hybridized carbons (Fsp3) is 0.391. The van der Waals surface area contributed by atoms with Crippen LogP contribution in [0.3, 0.4) is 0 Å². The molecule has 8 nitrogen and oxygen atoms in total. The topological polar surface area (TPSA) is 77.5 Å². The molecule has 3 aliphatic heterocycles. The number of imide groups is 1. The van der Waals surface area contributed by atoms with Gasteiger partial charge in [0.15, 0.2) is 23.0 Å². The third kappa shape index (κ3) is 3.37. The number of fused-ring (bicyclic) bond motifs is 2. The maximum absolute atomic E-state index is 13.3. The van der Waals surface area contributed by atoms with Gasteiger partial charge in [0.1, 0.15) is 13.2 Å². The number of rotatable bonds is 4. The number of methoxy groups -OCH3 is 2. The summed E-state index contributed by atoms with van der Waals surface area (Å²) in [5, 5.41) is 0. The summed E-state index contributed by atoms with van der Waals surface area (Å²) in [6, 6.07) is 8.65. The van der Waals surface area contributed by atoms with Crippen molar-refractivity contribution in [3.05, 3.63) is 41.5 Å². The first-order valence-corrected chi connectivity index (χ1v) is 10.3. The van der Waals surface area contributed by atoms with E-state index < -0.39 is 6.04 Å². The molecule has 1 saturated heterocycles. The molecular weight excluding hydrogens is 400 g/mol. The van der Waals surface area contributed by atoms with Crippen LogP contribution in [-0.4, -0.2) is 56.7 Å². The molecule has 162 valence electrons. The van der Waals surface area contributed by atoms with Crippen molar-refractivity contribution in [2.45, 2.75) is 25.4 Å². The molecule has 2 amide bonds. The normalized spacial score (nSPS) is 20.6. The molecule has 0 spiro atoms. The van der Waals surface area contributed by atoms with Crippen LogP contribution in [0.5, 0.6) is 23.0 Å². The van der Waals surface area contributed by atoms with Crippen LogP contribution in [0, 0.1) is 0 Å². The summed E-state index contributed by atoms with van der Waals surface area (Å²) in [5.74, 6) is 2.14. The molecule has 3 heterocycles. The maximum Gasteiger partial charge on any atom is 0.251 e. The second-order valence-corrected chi connectivity index (χ2v) is 7.81. The average Bonchev–Trinajstić information content (AvgIpc) is 3.11. The molecule has 0 N–H and O–H groups in total. The molecule has 1 fully saturated rings.